The van der Waals surface area contributed by atoms with Crippen LogP contribution < -0.4 is 10.6 Å². The Morgan fingerprint density at radius 3 is 2.95 bits per heavy atom. The molecule has 0 radical (unpaired) electrons. The van der Waals surface area contributed by atoms with Gasteiger partial charge < -0.3 is 9.73 Å². The van der Waals surface area contributed by atoms with E-state index < -0.39 is 0 Å². The molecule has 6 heteroatoms. The summed E-state index contributed by atoms with van der Waals surface area (Å²) in [7, 11) is 0. The van der Waals surface area contributed by atoms with Gasteiger partial charge in [0.2, 0.25) is 11.8 Å². The molecule has 2 heterocycles. The lowest BCUT2D eigenvalue weighted by molar-refractivity contribution is -0.117. The average Bonchev–Trinajstić information content (AvgIpc) is 3.06. The molecule has 1 atom stereocenters. The summed E-state index contributed by atoms with van der Waals surface area (Å²) in [6.07, 6.45) is 0. The van der Waals surface area contributed by atoms with E-state index in [9.17, 15) is 4.79 Å². The van der Waals surface area contributed by atoms with Gasteiger partial charge in [-0.05, 0) is 18.2 Å². The van der Waals surface area contributed by atoms with Crippen LogP contribution in [0.15, 0.2) is 22.6 Å². The van der Waals surface area contributed by atoms with Crippen molar-refractivity contribution < 1.29 is 9.21 Å². The molecular weight excluding hydrogens is 286 g/mol. The van der Waals surface area contributed by atoms with Gasteiger partial charge in [-0.25, -0.2) is 4.98 Å². The van der Waals surface area contributed by atoms with Crippen LogP contribution in [0.2, 0.25) is 0 Å². The highest BCUT2D eigenvalue weighted by Crippen LogP contribution is 2.27. The van der Waals surface area contributed by atoms with E-state index in [0.29, 0.717) is 5.89 Å². The fraction of sp³-hybridized carbons (Fsp3) is 0.467. The Bertz CT molecular complexity index is 669. The Kier molecular flexibility index (Phi) is 3.67. The van der Waals surface area contributed by atoms with Crippen molar-refractivity contribution in [1.82, 2.24) is 10.3 Å². The van der Waals surface area contributed by atoms with E-state index in [4.69, 9.17) is 4.42 Å². The first-order chi connectivity index (χ1) is 9.93. The number of nitrogens with one attached hydrogen (secondary N) is 2. The van der Waals surface area contributed by atoms with Gasteiger partial charge in [0, 0.05) is 22.7 Å². The van der Waals surface area contributed by atoms with Crippen molar-refractivity contribution in [2.24, 2.45) is 0 Å². The lowest BCUT2D eigenvalue weighted by Crippen LogP contribution is -2.37. The van der Waals surface area contributed by atoms with Crippen molar-refractivity contribution >= 4 is 34.5 Å². The van der Waals surface area contributed by atoms with E-state index in [0.717, 1.165) is 28.4 Å². The molecule has 2 N–H and O–H groups in total. The van der Waals surface area contributed by atoms with Crippen molar-refractivity contribution in [2.45, 2.75) is 32.2 Å². The van der Waals surface area contributed by atoms with Crippen LogP contribution in [0.4, 0.5) is 5.69 Å². The van der Waals surface area contributed by atoms with Crippen molar-refractivity contribution in [3.05, 3.63) is 24.1 Å². The Hall–Kier alpha value is -1.53. The van der Waals surface area contributed by atoms with E-state index in [1.807, 2.05) is 18.2 Å². The molecule has 0 saturated carbocycles. The van der Waals surface area contributed by atoms with Crippen molar-refractivity contribution in [1.29, 1.82) is 0 Å². The Labute approximate surface area is 127 Å². The summed E-state index contributed by atoms with van der Waals surface area (Å²) in [4.78, 5) is 16.6. The first-order valence-electron chi connectivity index (χ1n) is 6.96. The van der Waals surface area contributed by atoms with Crippen molar-refractivity contribution in [3.63, 3.8) is 0 Å². The summed E-state index contributed by atoms with van der Waals surface area (Å²) < 4.78 is 5.75. The number of amides is 1. The van der Waals surface area contributed by atoms with Crippen LogP contribution in [-0.2, 0) is 10.2 Å². The maximum absolute atomic E-state index is 12.1. The van der Waals surface area contributed by atoms with Gasteiger partial charge in [0.1, 0.15) is 5.52 Å². The second-order valence-electron chi connectivity index (χ2n) is 6.21. The number of fused-ring (bicyclic) bond motifs is 1. The smallest absolute Gasteiger partial charge is 0.242 e. The SMILES string of the molecule is CC(C)(C)c1nc2cc(NC(=O)C3CSCN3)ccc2o1. The first-order valence-corrected chi connectivity index (χ1v) is 8.12. The van der Waals surface area contributed by atoms with E-state index in [-0.39, 0.29) is 17.4 Å². The molecule has 5 nitrogen and oxygen atoms in total. The van der Waals surface area contributed by atoms with Crippen LogP contribution in [0.1, 0.15) is 26.7 Å². The number of carbonyl (C=O) groups excluding carboxylic acids is 1. The fourth-order valence-corrected chi connectivity index (χ4v) is 3.06. The number of anilines is 1. The summed E-state index contributed by atoms with van der Waals surface area (Å²) >= 11 is 1.73. The quantitative estimate of drug-likeness (QED) is 0.893. The molecule has 1 aromatic heterocycles. The monoisotopic (exact) mass is 305 g/mol. The summed E-state index contributed by atoms with van der Waals surface area (Å²) in [5, 5.41) is 6.08. The molecule has 21 heavy (non-hydrogen) atoms. The lowest BCUT2D eigenvalue weighted by atomic mass is 9.97. The number of aromatic nitrogens is 1. The van der Waals surface area contributed by atoms with Crippen LogP contribution >= 0.6 is 11.8 Å². The van der Waals surface area contributed by atoms with E-state index in [2.05, 4.69) is 36.4 Å². The van der Waals surface area contributed by atoms with E-state index in [1.54, 1.807) is 11.8 Å². The summed E-state index contributed by atoms with van der Waals surface area (Å²) in [5.74, 6) is 2.34. The van der Waals surface area contributed by atoms with Gasteiger partial charge in [-0.3, -0.25) is 10.1 Å². The van der Waals surface area contributed by atoms with Gasteiger partial charge >= 0.3 is 0 Å². The van der Waals surface area contributed by atoms with Crippen LogP contribution in [0.3, 0.4) is 0 Å². The topological polar surface area (TPSA) is 67.2 Å². The number of nitrogens with zero attached hydrogens (tertiary/aromatic N) is 1. The zero-order valence-electron chi connectivity index (χ0n) is 12.4. The van der Waals surface area contributed by atoms with Crippen molar-refractivity contribution in [3.8, 4) is 0 Å². The molecule has 0 bridgehead atoms. The average molecular weight is 305 g/mol. The molecule has 0 aliphatic carbocycles. The highest BCUT2D eigenvalue weighted by atomic mass is 32.2. The Morgan fingerprint density at radius 1 is 1.48 bits per heavy atom. The summed E-state index contributed by atoms with van der Waals surface area (Å²) in [6, 6.07) is 5.44. The summed E-state index contributed by atoms with van der Waals surface area (Å²) in [6.45, 7) is 6.18. The lowest BCUT2D eigenvalue weighted by Gasteiger charge is -2.11. The van der Waals surface area contributed by atoms with Crippen LogP contribution in [-0.4, -0.2) is 28.6 Å². The van der Waals surface area contributed by atoms with Gasteiger partial charge in [0.25, 0.3) is 0 Å². The predicted octanol–water partition coefficient (Wildman–Crippen LogP) is 2.73. The van der Waals surface area contributed by atoms with Gasteiger partial charge in [-0.1, -0.05) is 20.8 Å². The molecule has 1 unspecified atom stereocenters. The number of thioether (sulfide) groups is 1. The summed E-state index contributed by atoms with van der Waals surface area (Å²) in [5.41, 5.74) is 2.13. The maximum atomic E-state index is 12.1. The number of benzene rings is 1. The van der Waals surface area contributed by atoms with Crippen LogP contribution in [0, 0.1) is 0 Å². The highest BCUT2D eigenvalue weighted by molar-refractivity contribution is 7.99. The standard InChI is InChI=1S/C15H19N3O2S/c1-15(2,3)14-18-10-6-9(4-5-12(10)20-14)17-13(19)11-7-21-8-16-11/h4-6,11,16H,7-8H2,1-3H3,(H,17,19). The fourth-order valence-electron chi connectivity index (χ4n) is 2.12. The normalized spacial score (nSPS) is 19.1. The predicted molar refractivity (Wildman–Crippen MR) is 85.6 cm³/mol. The van der Waals surface area contributed by atoms with E-state index in [1.165, 1.54) is 0 Å². The van der Waals surface area contributed by atoms with Gasteiger partial charge in [0.15, 0.2) is 5.58 Å². The zero-order valence-corrected chi connectivity index (χ0v) is 13.2. The number of oxazole rings is 1. The molecule has 1 aromatic carbocycles. The molecule has 0 spiro atoms. The highest BCUT2D eigenvalue weighted by Gasteiger charge is 2.23. The minimum atomic E-state index is -0.132. The zero-order chi connectivity index (χ0) is 15.0. The number of carbonyl (C=O) groups is 1. The molecular formula is C15H19N3O2S. The molecule has 2 aromatic rings. The first kappa shape index (κ1) is 14.4. The number of hydrogen-bond donors (Lipinski definition) is 2. The minimum Gasteiger partial charge on any atom is -0.440 e. The molecule has 112 valence electrons. The molecule has 1 aliphatic heterocycles. The third-order valence-electron chi connectivity index (χ3n) is 3.33. The molecule has 1 aliphatic rings. The Morgan fingerprint density at radius 2 is 2.29 bits per heavy atom. The van der Waals surface area contributed by atoms with Crippen LogP contribution in [0.5, 0.6) is 0 Å². The molecule has 1 saturated heterocycles. The second kappa shape index (κ2) is 5.35. The molecule has 1 amide bonds. The number of rotatable bonds is 2. The number of hydrogen-bond acceptors (Lipinski definition) is 5. The third kappa shape index (κ3) is 3.06. The molecule has 3 rings (SSSR count). The molecule has 1 fully saturated rings. The largest absolute Gasteiger partial charge is 0.440 e. The van der Waals surface area contributed by atoms with Gasteiger partial charge in [-0.15, -0.1) is 11.8 Å². The maximum Gasteiger partial charge on any atom is 0.242 e. The van der Waals surface area contributed by atoms with Crippen molar-refractivity contribution in [2.75, 3.05) is 16.9 Å². The second-order valence-corrected chi connectivity index (χ2v) is 7.24. The van der Waals surface area contributed by atoms with Gasteiger partial charge in [0.05, 0.1) is 6.04 Å². The Balaban J connectivity index is 1.82. The van der Waals surface area contributed by atoms with E-state index >= 15 is 0 Å². The minimum absolute atomic E-state index is 0.00103. The van der Waals surface area contributed by atoms with Gasteiger partial charge in [-0.2, -0.15) is 0 Å². The third-order valence-corrected chi connectivity index (χ3v) is 4.27. The van der Waals surface area contributed by atoms with Crippen LogP contribution in [0.25, 0.3) is 11.1 Å².